The summed E-state index contributed by atoms with van der Waals surface area (Å²) in [6.07, 6.45) is 0.614. The van der Waals surface area contributed by atoms with Gasteiger partial charge in [0.2, 0.25) is 0 Å². The number of ether oxygens (including phenoxy) is 1. The van der Waals surface area contributed by atoms with Crippen molar-refractivity contribution in [2.45, 2.75) is 6.42 Å². The second kappa shape index (κ2) is 6.58. The normalized spacial score (nSPS) is 11.6. The van der Waals surface area contributed by atoms with E-state index in [0.29, 0.717) is 30.9 Å². The molecule has 0 radical (unpaired) electrons. The zero-order valence-electron chi connectivity index (χ0n) is 10.6. The molecule has 3 N–H and O–H groups in total. The van der Waals surface area contributed by atoms with Crippen LogP contribution in [0.1, 0.15) is 6.42 Å². The quantitative estimate of drug-likeness (QED) is 0.763. The lowest BCUT2D eigenvalue weighted by molar-refractivity contribution is 0.416. The summed E-state index contributed by atoms with van der Waals surface area (Å²) in [5.74, 6) is 0.480. The van der Waals surface area contributed by atoms with Gasteiger partial charge in [0.1, 0.15) is 5.75 Å². The van der Waals surface area contributed by atoms with Crippen LogP contribution >= 0.6 is 0 Å². The molecule has 0 saturated carbocycles. The highest BCUT2D eigenvalue weighted by atomic mass is 32.2. The van der Waals surface area contributed by atoms with Crippen molar-refractivity contribution in [3.8, 4) is 5.75 Å². The van der Waals surface area contributed by atoms with Crippen LogP contribution in [0, 0.1) is 0 Å². The molecule has 0 aliphatic heterocycles. The molecule has 102 valence electrons. The third-order valence-corrected chi connectivity index (χ3v) is 3.91. The summed E-state index contributed by atoms with van der Waals surface area (Å²) in [6.45, 7) is 0.829. The Labute approximate surface area is 108 Å². The predicted molar refractivity (Wildman–Crippen MR) is 71.8 cm³/mol. The van der Waals surface area contributed by atoms with Gasteiger partial charge in [0.25, 0.3) is 0 Å². The van der Waals surface area contributed by atoms with Crippen molar-refractivity contribution in [1.82, 2.24) is 4.31 Å². The molecule has 0 bridgehead atoms. The average molecular weight is 273 g/mol. The molecule has 1 aromatic rings. The molecule has 7 heteroatoms. The first-order chi connectivity index (χ1) is 8.51. The Morgan fingerprint density at radius 1 is 1.39 bits per heavy atom. The summed E-state index contributed by atoms with van der Waals surface area (Å²) in [5.41, 5.74) is 5.77. The molecule has 1 rings (SSSR count). The maximum absolute atomic E-state index is 12.0. The van der Waals surface area contributed by atoms with Crippen LogP contribution in [0.2, 0.25) is 0 Å². The van der Waals surface area contributed by atoms with Crippen molar-refractivity contribution in [2.75, 3.05) is 32.0 Å². The smallest absolute Gasteiger partial charge is 0.301 e. The monoisotopic (exact) mass is 273 g/mol. The molecule has 0 aliphatic rings. The fraction of sp³-hybridized carbons (Fsp3) is 0.455. The molecule has 0 amide bonds. The lowest BCUT2D eigenvalue weighted by Crippen LogP contribution is -2.34. The van der Waals surface area contributed by atoms with Crippen molar-refractivity contribution in [3.05, 3.63) is 24.3 Å². The van der Waals surface area contributed by atoms with E-state index in [4.69, 9.17) is 10.5 Å². The van der Waals surface area contributed by atoms with Gasteiger partial charge in [-0.3, -0.25) is 4.72 Å². The Kier molecular flexibility index (Phi) is 5.39. The molecule has 0 aromatic heterocycles. The van der Waals surface area contributed by atoms with Crippen LogP contribution in [0.4, 0.5) is 5.69 Å². The molecule has 18 heavy (non-hydrogen) atoms. The number of para-hydroxylation sites is 2. The number of rotatable bonds is 7. The van der Waals surface area contributed by atoms with Gasteiger partial charge in [0.05, 0.1) is 12.8 Å². The molecule has 0 heterocycles. The number of nitrogens with zero attached hydrogens (tertiary/aromatic N) is 1. The number of hydrogen-bond acceptors (Lipinski definition) is 4. The average Bonchev–Trinajstić information content (AvgIpc) is 2.36. The maximum Gasteiger partial charge on any atom is 0.301 e. The summed E-state index contributed by atoms with van der Waals surface area (Å²) in [7, 11) is -0.572. The van der Waals surface area contributed by atoms with Gasteiger partial charge >= 0.3 is 10.2 Å². The fourth-order valence-electron chi connectivity index (χ4n) is 1.38. The van der Waals surface area contributed by atoms with E-state index in [1.165, 1.54) is 18.5 Å². The minimum absolute atomic E-state index is 0.376. The summed E-state index contributed by atoms with van der Waals surface area (Å²) in [6, 6.07) is 6.85. The fourth-order valence-corrected chi connectivity index (χ4v) is 2.35. The van der Waals surface area contributed by atoms with Crippen LogP contribution < -0.4 is 15.2 Å². The topological polar surface area (TPSA) is 84.7 Å². The van der Waals surface area contributed by atoms with E-state index in [1.807, 2.05) is 0 Å². The zero-order valence-corrected chi connectivity index (χ0v) is 11.4. The van der Waals surface area contributed by atoms with E-state index in [-0.39, 0.29) is 0 Å². The van der Waals surface area contributed by atoms with Crippen LogP contribution in [0.5, 0.6) is 5.75 Å². The standard InChI is InChI=1S/C11H19N3O3S/c1-14(9-5-8-12)18(15,16)13-10-6-3-4-7-11(10)17-2/h3-4,6-7,13H,5,8-9,12H2,1-2H3. The molecule has 0 spiro atoms. The van der Waals surface area contributed by atoms with Gasteiger partial charge in [0, 0.05) is 13.6 Å². The molecule has 0 fully saturated rings. The van der Waals surface area contributed by atoms with Gasteiger partial charge in [-0.25, -0.2) is 0 Å². The summed E-state index contributed by atoms with van der Waals surface area (Å²) in [4.78, 5) is 0. The van der Waals surface area contributed by atoms with Crippen molar-refractivity contribution in [2.24, 2.45) is 5.73 Å². The number of hydrogen-bond donors (Lipinski definition) is 2. The minimum atomic E-state index is -3.57. The van der Waals surface area contributed by atoms with Crippen molar-refractivity contribution >= 4 is 15.9 Å². The van der Waals surface area contributed by atoms with E-state index in [9.17, 15) is 8.42 Å². The van der Waals surface area contributed by atoms with Crippen LogP contribution in [0.3, 0.4) is 0 Å². The largest absolute Gasteiger partial charge is 0.495 e. The summed E-state index contributed by atoms with van der Waals surface area (Å²) >= 11 is 0. The zero-order chi connectivity index (χ0) is 13.6. The molecular formula is C11H19N3O3S. The van der Waals surface area contributed by atoms with E-state index in [2.05, 4.69) is 4.72 Å². The second-order valence-electron chi connectivity index (χ2n) is 3.77. The Bertz CT molecular complexity index is 476. The van der Waals surface area contributed by atoms with Crippen LogP contribution in [0.25, 0.3) is 0 Å². The predicted octanol–water partition coefficient (Wildman–Crippen LogP) is 0.632. The van der Waals surface area contributed by atoms with E-state index in [0.717, 1.165) is 0 Å². The van der Waals surface area contributed by atoms with Crippen LogP contribution in [0.15, 0.2) is 24.3 Å². The Morgan fingerprint density at radius 2 is 2.06 bits per heavy atom. The van der Waals surface area contributed by atoms with Gasteiger partial charge in [0.15, 0.2) is 0 Å². The van der Waals surface area contributed by atoms with Crippen molar-refractivity contribution < 1.29 is 13.2 Å². The second-order valence-corrected chi connectivity index (χ2v) is 5.55. The van der Waals surface area contributed by atoms with Crippen molar-refractivity contribution in [1.29, 1.82) is 0 Å². The number of nitrogens with one attached hydrogen (secondary N) is 1. The Hall–Kier alpha value is -1.31. The Morgan fingerprint density at radius 3 is 2.67 bits per heavy atom. The first kappa shape index (κ1) is 14.7. The van der Waals surface area contributed by atoms with Gasteiger partial charge in [-0.05, 0) is 25.1 Å². The number of anilines is 1. The van der Waals surface area contributed by atoms with E-state index >= 15 is 0 Å². The highest BCUT2D eigenvalue weighted by molar-refractivity contribution is 7.90. The highest BCUT2D eigenvalue weighted by Crippen LogP contribution is 2.24. The first-order valence-electron chi connectivity index (χ1n) is 5.58. The van der Waals surface area contributed by atoms with Gasteiger partial charge in [-0.2, -0.15) is 12.7 Å². The maximum atomic E-state index is 12.0. The number of benzene rings is 1. The lowest BCUT2D eigenvalue weighted by Gasteiger charge is -2.19. The SMILES string of the molecule is COc1ccccc1NS(=O)(=O)N(C)CCCN. The molecule has 0 aliphatic carbocycles. The Balaban J connectivity index is 2.82. The summed E-state index contributed by atoms with van der Waals surface area (Å²) in [5, 5.41) is 0. The number of methoxy groups -OCH3 is 1. The van der Waals surface area contributed by atoms with Gasteiger partial charge in [-0.15, -0.1) is 0 Å². The molecule has 0 saturated heterocycles. The molecule has 6 nitrogen and oxygen atoms in total. The molecular weight excluding hydrogens is 254 g/mol. The molecule has 0 atom stereocenters. The first-order valence-corrected chi connectivity index (χ1v) is 7.02. The van der Waals surface area contributed by atoms with Gasteiger partial charge < -0.3 is 10.5 Å². The lowest BCUT2D eigenvalue weighted by atomic mass is 10.3. The third kappa shape index (κ3) is 3.86. The minimum Gasteiger partial charge on any atom is -0.495 e. The van der Waals surface area contributed by atoms with E-state index in [1.54, 1.807) is 24.3 Å². The van der Waals surface area contributed by atoms with Gasteiger partial charge in [-0.1, -0.05) is 12.1 Å². The highest BCUT2D eigenvalue weighted by Gasteiger charge is 2.18. The van der Waals surface area contributed by atoms with Crippen LogP contribution in [-0.2, 0) is 10.2 Å². The van der Waals surface area contributed by atoms with Crippen molar-refractivity contribution in [3.63, 3.8) is 0 Å². The van der Waals surface area contributed by atoms with Crippen LogP contribution in [-0.4, -0.2) is 40.0 Å². The summed E-state index contributed by atoms with van der Waals surface area (Å²) < 4.78 is 32.8. The number of nitrogens with two attached hydrogens (primary N) is 1. The molecule has 0 unspecified atom stereocenters. The van der Waals surface area contributed by atoms with E-state index < -0.39 is 10.2 Å². The third-order valence-electron chi connectivity index (χ3n) is 2.43. The molecule has 1 aromatic carbocycles.